The molecule has 0 atom stereocenters. The molecule has 0 radical (unpaired) electrons. The number of nitrogens with one attached hydrogen (secondary N) is 1. The highest BCUT2D eigenvalue weighted by molar-refractivity contribution is 7.92. The molecular formula is C15H23NO5S. The second kappa shape index (κ2) is 8.63. The summed E-state index contributed by atoms with van der Waals surface area (Å²) in [7, 11) is -3.51. The second-order valence-corrected chi connectivity index (χ2v) is 6.90. The van der Waals surface area contributed by atoms with Crippen molar-refractivity contribution in [1.29, 1.82) is 0 Å². The SMILES string of the molecule is CCCCCCCOc1ccc(C(=O)O)cc1NS(C)(=O)=O. The predicted octanol–water partition coefficient (Wildman–Crippen LogP) is 3.11. The summed E-state index contributed by atoms with van der Waals surface area (Å²) in [5.41, 5.74) is 0.150. The molecule has 0 saturated carbocycles. The van der Waals surface area contributed by atoms with Crippen molar-refractivity contribution in [2.75, 3.05) is 17.6 Å². The number of unbranched alkanes of at least 4 members (excludes halogenated alkanes) is 4. The number of carbonyl (C=O) groups is 1. The molecule has 1 rings (SSSR count). The number of aromatic carboxylic acids is 1. The lowest BCUT2D eigenvalue weighted by Gasteiger charge is -2.13. The fraction of sp³-hybridized carbons (Fsp3) is 0.533. The lowest BCUT2D eigenvalue weighted by atomic mass is 10.1. The van der Waals surface area contributed by atoms with Gasteiger partial charge in [0.1, 0.15) is 5.75 Å². The standard InChI is InChI=1S/C15H23NO5S/c1-3-4-5-6-7-10-21-14-9-8-12(15(17)18)11-13(14)16-22(2,19)20/h8-9,11,16H,3-7,10H2,1-2H3,(H,17,18). The van der Waals surface area contributed by atoms with Crippen LogP contribution in [-0.4, -0.2) is 32.4 Å². The summed E-state index contributed by atoms with van der Waals surface area (Å²) in [6, 6.07) is 4.13. The van der Waals surface area contributed by atoms with Gasteiger partial charge in [-0.1, -0.05) is 32.6 Å². The van der Waals surface area contributed by atoms with E-state index in [0.29, 0.717) is 12.4 Å². The van der Waals surface area contributed by atoms with Gasteiger partial charge in [-0.25, -0.2) is 13.2 Å². The zero-order valence-corrected chi connectivity index (χ0v) is 13.8. The molecule has 0 aromatic heterocycles. The normalized spacial score (nSPS) is 11.2. The van der Waals surface area contributed by atoms with Gasteiger partial charge in [0.05, 0.1) is 24.1 Å². The maximum Gasteiger partial charge on any atom is 0.335 e. The monoisotopic (exact) mass is 329 g/mol. The smallest absolute Gasteiger partial charge is 0.335 e. The molecule has 1 aromatic carbocycles. The second-order valence-electron chi connectivity index (χ2n) is 5.15. The van der Waals surface area contributed by atoms with E-state index in [1.165, 1.54) is 31.0 Å². The van der Waals surface area contributed by atoms with E-state index in [1.807, 2.05) is 0 Å². The molecule has 0 aliphatic carbocycles. The van der Waals surface area contributed by atoms with Gasteiger partial charge >= 0.3 is 5.97 Å². The molecule has 7 heteroatoms. The number of hydrogen-bond donors (Lipinski definition) is 2. The number of carboxylic acids is 1. The molecule has 22 heavy (non-hydrogen) atoms. The third-order valence-corrected chi connectivity index (χ3v) is 3.62. The first-order valence-electron chi connectivity index (χ1n) is 7.31. The van der Waals surface area contributed by atoms with E-state index in [1.54, 1.807) is 0 Å². The number of anilines is 1. The summed E-state index contributed by atoms with van der Waals surface area (Å²) in [4.78, 5) is 11.0. The van der Waals surface area contributed by atoms with E-state index in [0.717, 1.165) is 25.5 Å². The fourth-order valence-electron chi connectivity index (χ4n) is 1.96. The first-order valence-corrected chi connectivity index (χ1v) is 9.20. The summed E-state index contributed by atoms with van der Waals surface area (Å²) < 4.78 is 30.6. The van der Waals surface area contributed by atoms with Gasteiger partial charge in [0.25, 0.3) is 0 Å². The largest absolute Gasteiger partial charge is 0.491 e. The number of sulfonamides is 1. The summed E-state index contributed by atoms with van der Waals surface area (Å²) in [6.45, 7) is 2.61. The van der Waals surface area contributed by atoms with Crippen molar-refractivity contribution in [3.8, 4) is 5.75 Å². The van der Waals surface area contributed by atoms with Crippen molar-refractivity contribution in [2.24, 2.45) is 0 Å². The maximum absolute atomic E-state index is 11.4. The van der Waals surface area contributed by atoms with Crippen LogP contribution in [0, 0.1) is 0 Å². The highest BCUT2D eigenvalue weighted by Gasteiger charge is 2.12. The molecule has 0 spiro atoms. The van der Waals surface area contributed by atoms with Crippen molar-refractivity contribution in [3.63, 3.8) is 0 Å². The van der Waals surface area contributed by atoms with Crippen LogP contribution in [0.5, 0.6) is 5.75 Å². The Labute approximate surface area is 131 Å². The Morgan fingerprint density at radius 1 is 1.23 bits per heavy atom. The summed E-state index contributed by atoms with van der Waals surface area (Å²) in [6.07, 6.45) is 6.43. The Hall–Kier alpha value is -1.76. The Kier molecular flexibility index (Phi) is 7.17. The Morgan fingerprint density at radius 3 is 2.50 bits per heavy atom. The lowest BCUT2D eigenvalue weighted by molar-refractivity contribution is 0.0697. The average Bonchev–Trinajstić information content (AvgIpc) is 2.42. The molecule has 0 bridgehead atoms. The molecule has 1 aromatic rings. The van der Waals surface area contributed by atoms with Crippen LogP contribution >= 0.6 is 0 Å². The quantitative estimate of drug-likeness (QED) is 0.643. The first-order chi connectivity index (χ1) is 10.3. The van der Waals surface area contributed by atoms with Gasteiger partial charge in [-0.3, -0.25) is 4.72 Å². The van der Waals surface area contributed by atoms with Crippen molar-refractivity contribution in [2.45, 2.75) is 39.0 Å². The molecule has 0 saturated heterocycles. The van der Waals surface area contributed by atoms with E-state index < -0.39 is 16.0 Å². The van der Waals surface area contributed by atoms with E-state index in [-0.39, 0.29) is 11.3 Å². The zero-order valence-electron chi connectivity index (χ0n) is 13.0. The minimum absolute atomic E-state index is 0.00134. The Bertz CT molecular complexity index is 598. The molecule has 0 unspecified atom stereocenters. The topological polar surface area (TPSA) is 92.7 Å². The summed E-state index contributed by atoms with van der Waals surface area (Å²) >= 11 is 0. The van der Waals surface area contributed by atoms with E-state index in [4.69, 9.17) is 9.84 Å². The molecule has 124 valence electrons. The maximum atomic E-state index is 11.4. The number of carboxylic acid groups (broad SMARTS) is 1. The number of benzene rings is 1. The molecule has 2 N–H and O–H groups in total. The minimum Gasteiger partial charge on any atom is -0.491 e. The van der Waals surface area contributed by atoms with Gasteiger partial charge in [0, 0.05) is 0 Å². The van der Waals surface area contributed by atoms with Crippen molar-refractivity contribution < 1.29 is 23.1 Å². The number of hydrogen-bond acceptors (Lipinski definition) is 4. The first kappa shape index (κ1) is 18.3. The minimum atomic E-state index is -3.51. The van der Waals surface area contributed by atoms with Gasteiger partial charge in [0.2, 0.25) is 10.0 Å². The summed E-state index contributed by atoms with van der Waals surface area (Å²) in [5, 5.41) is 8.98. The Morgan fingerprint density at radius 2 is 1.91 bits per heavy atom. The van der Waals surface area contributed by atoms with Crippen LogP contribution in [-0.2, 0) is 10.0 Å². The highest BCUT2D eigenvalue weighted by Crippen LogP contribution is 2.27. The van der Waals surface area contributed by atoms with Crippen molar-refractivity contribution in [1.82, 2.24) is 0 Å². The van der Waals surface area contributed by atoms with Gasteiger partial charge in [-0.2, -0.15) is 0 Å². The highest BCUT2D eigenvalue weighted by atomic mass is 32.2. The molecule has 0 aliphatic rings. The zero-order chi connectivity index (χ0) is 16.6. The van der Waals surface area contributed by atoms with E-state index in [2.05, 4.69) is 11.6 Å². The van der Waals surface area contributed by atoms with Gasteiger partial charge in [-0.05, 0) is 24.6 Å². The van der Waals surface area contributed by atoms with Crippen LogP contribution in [0.15, 0.2) is 18.2 Å². The number of ether oxygens (including phenoxy) is 1. The van der Waals surface area contributed by atoms with Crippen LogP contribution in [0.25, 0.3) is 0 Å². The van der Waals surface area contributed by atoms with E-state index >= 15 is 0 Å². The Balaban J connectivity index is 2.73. The molecule has 0 aliphatic heterocycles. The van der Waals surface area contributed by atoms with Crippen LogP contribution < -0.4 is 9.46 Å². The van der Waals surface area contributed by atoms with E-state index in [9.17, 15) is 13.2 Å². The predicted molar refractivity (Wildman–Crippen MR) is 86.1 cm³/mol. The van der Waals surface area contributed by atoms with Crippen molar-refractivity contribution in [3.05, 3.63) is 23.8 Å². The van der Waals surface area contributed by atoms with Crippen LogP contribution in [0.3, 0.4) is 0 Å². The fourth-order valence-corrected chi connectivity index (χ4v) is 2.52. The lowest BCUT2D eigenvalue weighted by Crippen LogP contribution is -2.12. The molecule has 6 nitrogen and oxygen atoms in total. The summed E-state index contributed by atoms with van der Waals surface area (Å²) in [5.74, 6) is -0.784. The average molecular weight is 329 g/mol. The van der Waals surface area contributed by atoms with Crippen molar-refractivity contribution >= 4 is 21.7 Å². The van der Waals surface area contributed by atoms with Gasteiger partial charge in [0.15, 0.2) is 0 Å². The molecule has 0 amide bonds. The van der Waals surface area contributed by atoms with Gasteiger partial charge in [-0.15, -0.1) is 0 Å². The molecular weight excluding hydrogens is 306 g/mol. The third kappa shape index (κ3) is 6.80. The van der Waals surface area contributed by atoms with Crippen LogP contribution in [0.4, 0.5) is 5.69 Å². The molecule has 0 heterocycles. The number of rotatable bonds is 10. The third-order valence-electron chi connectivity index (χ3n) is 3.03. The molecule has 0 fully saturated rings. The van der Waals surface area contributed by atoms with Crippen LogP contribution in [0.2, 0.25) is 0 Å². The van der Waals surface area contributed by atoms with Gasteiger partial charge < -0.3 is 9.84 Å². The van der Waals surface area contributed by atoms with Crippen LogP contribution in [0.1, 0.15) is 49.4 Å².